The molecule has 214 valence electrons. The first-order chi connectivity index (χ1) is 19.9. The van der Waals surface area contributed by atoms with Crippen molar-refractivity contribution in [3.8, 4) is 0 Å². The molecule has 0 spiro atoms. The highest BCUT2D eigenvalue weighted by Crippen LogP contribution is 2.37. The second-order valence-corrected chi connectivity index (χ2v) is 11.2. The third-order valence-corrected chi connectivity index (χ3v) is 8.30. The van der Waals surface area contributed by atoms with Crippen molar-refractivity contribution in [2.24, 2.45) is 0 Å². The Morgan fingerprint density at radius 3 is 2.59 bits per heavy atom. The Kier molecular flexibility index (Phi) is 7.24. The summed E-state index contributed by atoms with van der Waals surface area (Å²) in [5.74, 6) is 1.05. The topological polar surface area (TPSA) is 142 Å². The van der Waals surface area contributed by atoms with E-state index in [4.69, 9.17) is 22.4 Å². The number of piperazine rings is 1. The van der Waals surface area contributed by atoms with Gasteiger partial charge in [0.2, 0.25) is 11.9 Å². The van der Waals surface area contributed by atoms with E-state index in [9.17, 15) is 4.79 Å². The van der Waals surface area contributed by atoms with Crippen LogP contribution in [0.3, 0.4) is 0 Å². The molecule has 13 heteroatoms. The number of allylic oxidation sites excluding steroid dienone is 1. The smallest absolute Gasteiger partial charge is 0.247 e. The molecule has 2 saturated heterocycles. The first-order valence-electron chi connectivity index (χ1n) is 14.0. The van der Waals surface area contributed by atoms with Crippen LogP contribution in [0.4, 0.5) is 23.1 Å². The van der Waals surface area contributed by atoms with Crippen LogP contribution in [0, 0.1) is 10.8 Å². The van der Waals surface area contributed by atoms with Crippen LogP contribution in [0.25, 0.3) is 5.65 Å². The van der Waals surface area contributed by atoms with Crippen molar-refractivity contribution < 1.29 is 4.79 Å². The third kappa shape index (κ3) is 5.31. The fourth-order valence-electron chi connectivity index (χ4n) is 5.58. The number of imidazole rings is 1. The summed E-state index contributed by atoms with van der Waals surface area (Å²) in [6, 6.07) is 3.91. The van der Waals surface area contributed by atoms with E-state index >= 15 is 0 Å². The molecule has 12 nitrogen and oxygen atoms in total. The molecule has 4 N–H and O–H groups in total. The second-order valence-electron chi connectivity index (χ2n) is 10.8. The van der Waals surface area contributed by atoms with Crippen LogP contribution in [0.2, 0.25) is 5.02 Å². The number of rotatable bonds is 9. The Balaban J connectivity index is 1.23. The van der Waals surface area contributed by atoms with Crippen molar-refractivity contribution in [2.75, 3.05) is 48.3 Å². The monoisotopic (exact) mass is 575 g/mol. The molecule has 1 amide bonds. The first kappa shape index (κ1) is 27.0. The fraction of sp³-hybridized carbons (Fsp3) is 0.429. The van der Waals surface area contributed by atoms with Gasteiger partial charge >= 0.3 is 0 Å². The minimum atomic E-state index is -0.125. The standard InChI is InChI=1S/C28H34ClN11O/c1-17(2)39-7-3-4-22(39)27(41)38-10-8-37(9-11-38)23-13-18(14-30)12-21(24(23)29)34-28-35-25(33-19-5-6-19)26-32-16-20(15-31)40(26)36-28/h12-16,19,22,30-31H,1,3-11H2,2H3,(H2,33,34,35,36)/t22-/m1/s1. The Hall–Kier alpha value is -4.19. The van der Waals surface area contributed by atoms with Gasteiger partial charge in [0, 0.05) is 56.9 Å². The van der Waals surface area contributed by atoms with Crippen molar-refractivity contribution in [3.63, 3.8) is 0 Å². The number of halogens is 1. The molecule has 0 bridgehead atoms. The van der Waals surface area contributed by atoms with Crippen LogP contribution >= 0.6 is 11.6 Å². The molecule has 1 atom stereocenters. The van der Waals surface area contributed by atoms with Crippen molar-refractivity contribution >= 4 is 58.7 Å². The number of nitrogens with one attached hydrogen (secondary N) is 4. The Labute approximate surface area is 243 Å². The molecule has 4 heterocycles. The number of hydrogen-bond donors (Lipinski definition) is 4. The van der Waals surface area contributed by atoms with Gasteiger partial charge in [-0.3, -0.25) is 4.79 Å². The number of amides is 1. The van der Waals surface area contributed by atoms with Crippen LogP contribution in [0.15, 0.2) is 30.6 Å². The molecule has 6 rings (SSSR count). The maximum absolute atomic E-state index is 13.3. The van der Waals surface area contributed by atoms with Crippen LogP contribution < -0.4 is 15.5 Å². The zero-order chi connectivity index (χ0) is 28.7. The first-order valence-corrected chi connectivity index (χ1v) is 14.3. The van der Waals surface area contributed by atoms with Gasteiger partial charge in [-0.05, 0) is 50.3 Å². The number of fused-ring (bicyclic) bond motifs is 1. The minimum Gasteiger partial charge on any atom is -0.367 e. The maximum Gasteiger partial charge on any atom is 0.247 e. The Morgan fingerprint density at radius 2 is 1.90 bits per heavy atom. The normalized spacial score (nSPS) is 19.0. The van der Waals surface area contributed by atoms with Gasteiger partial charge in [-0.15, -0.1) is 5.10 Å². The van der Waals surface area contributed by atoms with Crippen molar-refractivity contribution in [2.45, 2.75) is 44.7 Å². The minimum absolute atomic E-state index is 0.125. The molecule has 41 heavy (non-hydrogen) atoms. The predicted molar refractivity (Wildman–Crippen MR) is 161 cm³/mol. The van der Waals surface area contributed by atoms with Gasteiger partial charge in [0.25, 0.3) is 0 Å². The van der Waals surface area contributed by atoms with E-state index < -0.39 is 0 Å². The molecule has 0 radical (unpaired) electrons. The van der Waals surface area contributed by atoms with Gasteiger partial charge in [0.15, 0.2) is 11.5 Å². The van der Waals surface area contributed by atoms with E-state index in [2.05, 4.69) is 42.1 Å². The SMILES string of the molecule is C=C(C)N1CCC[C@@H]1C(=O)N1CCN(c2cc(C=N)cc(Nc3nc(NC4CC4)c4ncc(C=N)n4n3)c2Cl)CC1. The average Bonchev–Trinajstić information content (AvgIpc) is 3.48. The molecule has 3 aliphatic rings. The zero-order valence-corrected chi connectivity index (χ0v) is 23.8. The van der Waals surface area contributed by atoms with Crippen LogP contribution in [0.1, 0.15) is 43.9 Å². The largest absolute Gasteiger partial charge is 0.367 e. The summed E-state index contributed by atoms with van der Waals surface area (Å²) < 4.78 is 1.58. The maximum atomic E-state index is 13.3. The van der Waals surface area contributed by atoms with Crippen LogP contribution in [-0.2, 0) is 4.79 Å². The predicted octanol–water partition coefficient (Wildman–Crippen LogP) is 3.74. The van der Waals surface area contributed by atoms with Gasteiger partial charge in [0.1, 0.15) is 11.7 Å². The molecule has 1 aromatic carbocycles. The number of hydrogen-bond acceptors (Lipinski definition) is 10. The van der Waals surface area contributed by atoms with E-state index in [1.807, 2.05) is 17.9 Å². The van der Waals surface area contributed by atoms with Gasteiger partial charge < -0.3 is 36.2 Å². The fourth-order valence-corrected chi connectivity index (χ4v) is 5.86. The summed E-state index contributed by atoms with van der Waals surface area (Å²) >= 11 is 6.96. The highest BCUT2D eigenvalue weighted by atomic mass is 35.5. The third-order valence-electron chi connectivity index (χ3n) is 7.90. The summed E-state index contributed by atoms with van der Waals surface area (Å²) in [6.45, 7) is 9.34. The molecule has 2 aromatic heterocycles. The molecule has 3 fully saturated rings. The van der Waals surface area contributed by atoms with E-state index in [-0.39, 0.29) is 11.9 Å². The quantitative estimate of drug-likeness (QED) is 0.283. The van der Waals surface area contributed by atoms with Crippen molar-refractivity contribution in [3.05, 3.63) is 46.9 Å². The number of aromatic nitrogens is 4. The van der Waals surface area contributed by atoms with Crippen LogP contribution in [0.5, 0.6) is 0 Å². The lowest BCUT2D eigenvalue weighted by molar-refractivity contribution is -0.135. The number of benzene rings is 1. The number of carbonyl (C=O) groups excluding carboxylic acids is 1. The van der Waals surface area contributed by atoms with Crippen molar-refractivity contribution in [1.82, 2.24) is 29.4 Å². The molecular formula is C28H34ClN11O. The Morgan fingerprint density at radius 1 is 1.12 bits per heavy atom. The molecule has 0 unspecified atom stereocenters. The average molecular weight is 576 g/mol. The van der Waals surface area contributed by atoms with Gasteiger partial charge in [0.05, 0.1) is 22.6 Å². The number of likely N-dealkylation sites (tertiary alicyclic amines) is 1. The van der Waals surface area contributed by atoms with E-state index in [0.717, 1.165) is 43.6 Å². The number of anilines is 4. The summed E-state index contributed by atoms with van der Waals surface area (Å²) in [5.41, 5.74) is 4.05. The lowest BCUT2D eigenvalue weighted by Gasteiger charge is -2.39. The molecule has 1 saturated carbocycles. The number of nitrogens with zero attached hydrogens (tertiary/aromatic N) is 7. The van der Waals surface area contributed by atoms with Gasteiger partial charge in [-0.1, -0.05) is 18.2 Å². The summed E-state index contributed by atoms with van der Waals surface area (Å²) in [4.78, 5) is 28.6. The van der Waals surface area contributed by atoms with Crippen molar-refractivity contribution in [1.29, 1.82) is 10.8 Å². The molecule has 2 aliphatic heterocycles. The Bertz CT molecular complexity index is 1520. The molecule has 1 aliphatic carbocycles. The zero-order valence-electron chi connectivity index (χ0n) is 23.0. The van der Waals surface area contributed by atoms with E-state index in [1.54, 1.807) is 16.8 Å². The molecule has 3 aromatic rings. The second kappa shape index (κ2) is 11.0. The molecular weight excluding hydrogens is 542 g/mol. The highest BCUT2D eigenvalue weighted by molar-refractivity contribution is 6.36. The van der Waals surface area contributed by atoms with Gasteiger partial charge in [-0.2, -0.15) is 4.98 Å². The summed E-state index contributed by atoms with van der Waals surface area (Å²) in [7, 11) is 0. The summed E-state index contributed by atoms with van der Waals surface area (Å²) in [5, 5.41) is 27.4. The highest BCUT2D eigenvalue weighted by Gasteiger charge is 2.35. The van der Waals surface area contributed by atoms with Gasteiger partial charge in [-0.25, -0.2) is 9.50 Å². The summed E-state index contributed by atoms with van der Waals surface area (Å²) in [6.07, 6.45) is 8.07. The number of carbonyl (C=O) groups is 1. The van der Waals surface area contributed by atoms with Crippen LogP contribution in [-0.4, -0.2) is 92.5 Å². The lowest BCUT2D eigenvalue weighted by atomic mass is 10.1. The van der Waals surface area contributed by atoms with E-state index in [1.165, 1.54) is 12.4 Å². The lowest BCUT2D eigenvalue weighted by Crippen LogP contribution is -2.53. The van der Waals surface area contributed by atoms with E-state index in [0.29, 0.717) is 71.6 Å².